The number of nitrogens with zero attached hydrogens (tertiary/aromatic N) is 3. The quantitative estimate of drug-likeness (QED) is 0.613. The first-order valence-corrected chi connectivity index (χ1v) is 11.6. The van der Waals surface area contributed by atoms with Gasteiger partial charge in [0.2, 0.25) is 0 Å². The van der Waals surface area contributed by atoms with E-state index in [0.717, 1.165) is 24.1 Å². The van der Waals surface area contributed by atoms with Crippen molar-refractivity contribution in [2.24, 2.45) is 0 Å². The van der Waals surface area contributed by atoms with Crippen LogP contribution in [0.1, 0.15) is 47.3 Å². The third kappa shape index (κ3) is 3.21. The van der Waals surface area contributed by atoms with Crippen LogP contribution in [-0.2, 0) is 14.6 Å². The first-order valence-electron chi connectivity index (χ1n) is 9.74. The Labute approximate surface area is 168 Å². The van der Waals surface area contributed by atoms with Gasteiger partial charge in [0.1, 0.15) is 5.69 Å². The van der Waals surface area contributed by atoms with Crippen molar-refractivity contribution < 1.29 is 17.9 Å². The van der Waals surface area contributed by atoms with Gasteiger partial charge in [-0.2, -0.15) is 5.10 Å². The van der Waals surface area contributed by atoms with Gasteiger partial charge < -0.3 is 4.74 Å². The topological polar surface area (TPSA) is 91.2 Å². The highest BCUT2D eigenvalue weighted by molar-refractivity contribution is 7.91. The molecule has 0 N–H and O–H groups in total. The Morgan fingerprint density at radius 3 is 2.55 bits per heavy atom. The number of benzene rings is 1. The molecule has 2 aromatic heterocycles. The van der Waals surface area contributed by atoms with E-state index >= 15 is 0 Å². The van der Waals surface area contributed by atoms with E-state index in [-0.39, 0.29) is 17.5 Å². The van der Waals surface area contributed by atoms with E-state index < -0.39 is 15.8 Å². The molecule has 1 aliphatic heterocycles. The zero-order valence-corrected chi connectivity index (χ0v) is 16.9. The van der Waals surface area contributed by atoms with Gasteiger partial charge in [0.15, 0.2) is 15.5 Å². The Morgan fingerprint density at radius 1 is 1.17 bits per heavy atom. The number of sulfone groups is 1. The highest BCUT2D eigenvalue weighted by atomic mass is 32.2. The van der Waals surface area contributed by atoms with Crippen molar-refractivity contribution in [3.63, 3.8) is 0 Å². The highest BCUT2D eigenvalue weighted by Gasteiger charge is 2.34. The molecule has 5 rings (SSSR count). The monoisotopic (exact) mass is 411 g/mol. The number of carbonyl (C=O) groups excluding carboxylic acids is 1. The van der Waals surface area contributed by atoms with Crippen LogP contribution in [0.4, 0.5) is 0 Å². The Kier molecular flexibility index (Phi) is 4.20. The second-order valence-corrected chi connectivity index (χ2v) is 10.0. The van der Waals surface area contributed by atoms with Crippen LogP contribution in [0.15, 0.2) is 36.4 Å². The number of methoxy groups -OCH3 is 1. The summed E-state index contributed by atoms with van der Waals surface area (Å²) >= 11 is 0. The molecule has 1 saturated carbocycles. The van der Waals surface area contributed by atoms with Crippen LogP contribution in [-0.4, -0.2) is 47.8 Å². The minimum Gasteiger partial charge on any atom is -0.465 e. The number of fused-ring (bicyclic) bond motifs is 1. The SMILES string of the molecule is COC(=O)c1cc(C2CC2)nc2c1c(-c1ccccc1)nn2[C@H]1CCS(=O)(=O)C1. The van der Waals surface area contributed by atoms with Crippen molar-refractivity contribution in [1.82, 2.24) is 14.8 Å². The lowest BCUT2D eigenvalue weighted by atomic mass is 10.0. The van der Waals surface area contributed by atoms with E-state index in [1.165, 1.54) is 7.11 Å². The number of rotatable bonds is 4. The summed E-state index contributed by atoms with van der Waals surface area (Å²) in [6, 6.07) is 11.1. The molecule has 0 unspecified atom stereocenters. The lowest BCUT2D eigenvalue weighted by molar-refractivity contribution is 0.0602. The molecule has 1 aromatic carbocycles. The van der Waals surface area contributed by atoms with E-state index in [9.17, 15) is 13.2 Å². The van der Waals surface area contributed by atoms with Crippen LogP contribution in [0.5, 0.6) is 0 Å². The molecule has 1 aliphatic carbocycles. The molecule has 1 saturated heterocycles. The summed E-state index contributed by atoms with van der Waals surface area (Å²) in [7, 11) is -1.73. The predicted octanol–water partition coefficient (Wildman–Crippen LogP) is 3.12. The Morgan fingerprint density at radius 2 is 1.93 bits per heavy atom. The zero-order valence-electron chi connectivity index (χ0n) is 16.0. The summed E-state index contributed by atoms with van der Waals surface area (Å²) in [5, 5.41) is 5.41. The van der Waals surface area contributed by atoms with Crippen LogP contribution in [0.2, 0.25) is 0 Å². The molecule has 7 nitrogen and oxygen atoms in total. The minimum absolute atomic E-state index is 0.0426. The normalized spacial score (nSPS) is 20.8. The molecule has 1 atom stereocenters. The maximum atomic E-state index is 12.7. The van der Waals surface area contributed by atoms with Crippen LogP contribution in [0.3, 0.4) is 0 Å². The molecule has 0 amide bonds. The van der Waals surface area contributed by atoms with Gasteiger partial charge >= 0.3 is 5.97 Å². The van der Waals surface area contributed by atoms with Crippen LogP contribution >= 0.6 is 0 Å². The Balaban J connectivity index is 1.81. The number of ether oxygens (including phenoxy) is 1. The third-order valence-corrected chi connectivity index (χ3v) is 7.43. The average Bonchev–Trinajstić information content (AvgIpc) is 3.42. The summed E-state index contributed by atoms with van der Waals surface area (Å²) in [5.74, 6) is 0.0842. The van der Waals surface area contributed by atoms with Crippen molar-refractivity contribution in [2.45, 2.75) is 31.2 Å². The molecule has 0 spiro atoms. The van der Waals surface area contributed by atoms with Gasteiger partial charge in [-0.25, -0.2) is 22.9 Å². The van der Waals surface area contributed by atoms with Gasteiger partial charge in [0, 0.05) is 17.2 Å². The maximum absolute atomic E-state index is 12.7. The molecule has 2 fully saturated rings. The van der Waals surface area contributed by atoms with E-state index in [4.69, 9.17) is 14.8 Å². The fourth-order valence-corrected chi connectivity index (χ4v) is 5.73. The lowest BCUT2D eigenvalue weighted by Gasteiger charge is -2.11. The average molecular weight is 411 g/mol. The molecule has 0 radical (unpaired) electrons. The molecule has 150 valence electrons. The van der Waals surface area contributed by atoms with Gasteiger partial charge in [0.25, 0.3) is 0 Å². The van der Waals surface area contributed by atoms with E-state index in [1.807, 2.05) is 36.4 Å². The number of hydrogen-bond acceptors (Lipinski definition) is 6. The number of esters is 1. The van der Waals surface area contributed by atoms with Crippen molar-refractivity contribution >= 4 is 26.8 Å². The van der Waals surface area contributed by atoms with Crippen molar-refractivity contribution in [3.05, 3.63) is 47.7 Å². The van der Waals surface area contributed by atoms with Gasteiger partial charge in [-0.3, -0.25) is 0 Å². The van der Waals surface area contributed by atoms with Gasteiger partial charge in [-0.1, -0.05) is 30.3 Å². The maximum Gasteiger partial charge on any atom is 0.338 e. The van der Waals surface area contributed by atoms with E-state index in [2.05, 4.69) is 0 Å². The van der Waals surface area contributed by atoms with Crippen molar-refractivity contribution in [1.29, 1.82) is 0 Å². The molecule has 8 heteroatoms. The second-order valence-electron chi connectivity index (χ2n) is 7.78. The first kappa shape index (κ1) is 18.3. The summed E-state index contributed by atoms with van der Waals surface area (Å²) in [6.45, 7) is 0. The van der Waals surface area contributed by atoms with Crippen LogP contribution < -0.4 is 0 Å². The molecule has 2 aliphatic rings. The summed E-state index contributed by atoms with van der Waals surface area (Å²) in [6.07, 6.45) is 2.57. The molecule has 3 heterocycles. The lowest BCUT2D eigenvalue weighted by Crippen LogP contribution is -2.13. The second kappa shape index (κ2) is 6.66. The molecule has 29 heavy (non-hydrogen) atoms. The molecular weight excluding hydrogens is 390 g/mol. The van der Waals surface area contributed by atoms with Crippen LogP contribution in [0, 0.1) is 0 Å². The van der Waals surface area contributed by atoms with Gasteiger partial charge in [-0.05, 0) is 25.3 Å². The van der Waals surface area contributed by atoms with E-state index in [0.29, 0.717) is 34.6 Å². The fourth-order valence-electron chi connectivity index (χ4n) is 4.04. The Hall–Kier alpha value is -2.74. The largest absolute Gasteiger partial charge is 0.465 e. The first-order chi connectivity index (χ1) is 14.0. The molecule has 3 aromatic rings. The molecule has 0 bridgehead atoms. The summed E-state index contributed by atoms with van der Waals surface area (Å²) < 4.78 is 31.0. The van der Waals surface area contributed by atoms with Crippen molar-refractivity contribution in [3.8, 4) is 11.3 Å². The van der Waals surface area contributed by atoms with E-state index in [1.54, 1.807) is 4.68 Å². The van der Waals surface area contributed by atoms with Crippen LogP contribution in [0.25, 0.3) is 22.3 Å². The summed E-state index contributed by atoms with van der Waals surface area (Å²) in [5.41, 5.74) is 3.32. The number of pyridine rings is 1. The van der Waals surface area contributed by atoms with Gasteiger partial charge in [-0.15, -0.1) is 0 Å². The Bertz CT molecular complexity index is 1210. The fraction of sp³-hybridized carbons (Fsp3) is 0.381. The number of aromatic nitrogens is 3. The smallest absolute Gasteiger partial charge is 0.338 e. The predicted molar refractivity (Wildman–Crippen MR) is 109 cm³/mol. The number of carbonyl (C=O) groups is 1. The standard InChI is InChI=1S/C21H21N3O4S/c1-28-21(25)16-11-17(13-7-8-13)22-20-18(16)19(14-5-3-2-4-6-14)23-24(20)15-9-10-29(26,27)12-15/h2-6,11,13,15H,7-10,12H2,1H3/t15-/m0/s1. The highest BCUT2D eigenvalue weighted by Crippen LogP contribution is 2.42. The van der Waals surface area contributed by atoms with Crippen molar-refractivity contribution in [2.75, 3.05) is 18.6 Å². The summed E-state index contributed by atoms with van der Waals surface area (Å²) in [4.78, 5) is 17.5. The van der Waals surface area contributed by atoms with Gasteiger partial charge in [0.05, 0.1) is 35.6 Å². The third-order valence-electron chi connectivity index (χ3n) is 5.68. The molecular formula is C21H21N3O4S. The minimum atomic E-state index is -3.09. The number of hydrogen-bond donors (Lipinski definition) is 0. The zero-order chi connectivity index (χ0) is 20.2.